The van der Waals surface area contributed by atoms with Crippen molar-refractivity contribution in [3.63, 3.8) is 0 Å². The molecule has 0 spiro atoms. The van der Waals surface area contributed by atoms with Crippen molar-refractivity contribution >= 4 is 6.09 Å². The normalized spacial score (nSPS) is 18.3. The zero-order chi connectivity index (χ0) is 17.0. The molecule has 1 aliphatic rings. The molecule has 1 atom stereocenters. The van der Waals surface area contributed by atoms with E-state index in [4.69, 9.17) is 9.15 Å². The number of carbonyl (C=O) groups excluding carboxylic acids is 1. The molecule has 23 heavy (non-hydrogen) atoms. The summed E-state index contributed by atoms with van der Waals surface area (Å²) in [7, 11) is 2.13. The molecule has 1 aromatic heterocycles. The second-order valence-corrected chi connectivity index (χ2v) is 7.54. The van der Waals surface area contributed by atoms with Crippen LogP contribution in [0, 0.1) is 5.92 Å². The third-order valence-corrected chi connectivity index (χ3v) is 4.43. The van der Waals surface area contributed by atoms with E-state index in [-0.39, 0.29) is 12.1 Å². The molecular formula is C18H30N2O3. The molecule has 0 saturated carbocycles. The highest BCUT2D eigenvalue weighted by molar-refractivity contribution is 5.68. The van der Waals surface area contributed by atoms with Gasteiger partial charge in [0.05, 0.1) is 12.3 Å². The van der Waals surface area contributed by atoms with E-state index in [0.717, 1.165) is 38.2 Å². The zero-order valence-electron chi connectivity index (χ0n) is 15.0. The van der Waals surface area contributed by atoms with Crippen molar-refractivity contribution in [2.24, 2.45) is 5.92 Å². The maximum atomic E-state index is 12.1. The van der Waals surface area contributed by atoms with Crippen LogP contribution in [-0.2, 0) is 4.74 Å². The number of ether oxygens (including phenoxy) is 1. The van der Waals surface area contributed by atoms with Crippen LogP contribution in [-0.4, -0.2) is 48.2 Å². The number of piperidine rings is 1. The Hall–Kier alpha value is -1.49. The second kappa shape index (κ2) is 7.39. The molecule has 1 aromatic rings. The highest BCUT2D eigenvalue weighted by Gasteiger charge is 2.28. The summed E-state index contributed by atoms with van der Waals surface area (Å²) in [5.74, 6) is 1.61. The maximum absolute atomic E-state index is 12.1. The van der Waals surface area contributed by atoms with Crippen LogP contribution in [0.25, 0.3) is 0 Å². The van der Waals surface area contributed by atoms with E-state index >= 15 is 0 Å². The molecule has 1 fully saturated rings. The SMILES string of the molecule is C[C@@H](c1ccco1)N(C)CC1CCN(C(=O)OC(C)(C)C)CC1. The minimum absolute atomic E-state index is 0.187. The van der Waals surface area contributed by atoms with E-state index in [1.807, 2.05) is 37.8 Å². The second-order valence-electron chi connectivity index (χ2n) is 7.54. The zero-order valence-corrected chi connectivity index (χ0v) is 15.0. The third kappa shape index (κ3) is 5.27. The van der Waals surface area contributed by atoms with Gasteiger partial charge in [-0.3, -0.25) is 4.90 Å². The van der Waals surface area contributed by atoms with Gasteiger partial charge in [-0.2, -0.15) is 0 Å². The van der Waals surface area contributed by atoms with E-state index in [1.54, 1.807) is 6.26 Å². The maximum Gasteiger partial charge on any atom is 0.410 e. The summed E-state index contributed by atoms with van der Waals surface area (Å²) in [5.41, 5.74) is -0.424. The van der Waals surface area contributed by atoms with Gasteiger partial charge in [-0.05, 0) is 65.6 Å². The van der Waals surface area contributed by atoms with Crippen molar-refractivity contribution in [2.45, 2.75) is 52.2 Å². The van der Waals surface area contributed by atoms with Gasteiger partial charge in [0, 0.05) is 19.6 Å². The van der Waals surface area contributed by atoms with Crippen LogP contribution in [0.4, 0.5) is 4.79 Å². The fourth-order valence-electron chi connectivity index (χ4n) is 2.94. The predicted molar refractivity (Wildman–Crippen MR) is 90.3 cm³/mol. The van der Waals surface area contributed by atoms with E-state index in [9.17, 15) is 4.79 Å². The standard InChI is InChI=1S/C18H30N2O3/c1-14(16-7-6-12-22-16)19(5)13-15-8-10-20(11-9-15)17(21)23-18(2,3)4/h6-7,12,14-15H,8-11,13H2,1-5H3/t14-/m0/s1. The molecule has 0 N–H and O–H groups in total. The van der Waals surface area contributed by atoms with Crippen molar-refractivity contribution in [2.75, 3.05) is 26.7 Å². The first-order valence-corrected chi connectivity index (χ1v) is 8.48. The van der Waals surface area contributed by atoms with Crippen LogP contribution in [0.3, 0.4) is 0 Å². The molecule has 2 heterocycles. The van der Waals surface area contributed by atoms with E-state index in [0.29, 0.717) is 5.92 Å². The van der Waals surface area contributed by atoms with Crippen LogP contribution in [0.1, 0.15) is 52.3 Å². The number of nitrogens with zero attached hydrogens (tertiary/aromatic N) is 2. The average Bonchev–Trinajstić information content (AvgIpc) is 2.99. The molecule has 5 heteroatoms. The molecule has 0 radical (unpaired) electrons. The highest BCUT2D eigenvalue weighted by atomic mass is 16.6. The van der Waals surface area contributed by atoms with Crippen LogP contribution < -0.4 is 0 Å². The summed E-state index contributed by atoms with van der Waals surface area (Å²) in [6, 6.07) is 4.22. The molecular weight excluding hydrogens is 292 g/mol. The van der Waals surface area contributed by atoms with Crippen molar-refractivity contribution in [3.05, 3.63) is 24.2 Å². The van der Waals surface area contributed by atoms with Gasteiger partial charge in [-0.1, -0.05) is 0 Å². The first-order valence-electron chi connectivity index (χ1n) is 8.48. The fourth-order valence-corrected chi connectivity index (χ4v) is 2.94. The predicted octanol–water partition coefficient (Wildman–Crippen LogP) is 3.92. The summed E-state index contributed by atoms with van der Waals surface area (Å²) >= 11 is 0. The number of amides is 1. The number of hydrogen-bond acceptors (Lipinski definition) is 4. The van der Waals surface area contributed by atoms with Gasteiger partial charge in [0.25, 0.3) is 0 Å². The Kier molecular flexibility index (Phi) is 5.74. The van der Waals surface area contributed by atoms with Gasteiger partial charge in [0.15, 0.2) is 0 Å². The first-order chi connectivity index (χ1) is 10.8. The van der Waals surface area contributed by atoms with Gasteiger partial charge in [-0.25, -0.2) is 4.79 Å². The Morgan fingerprint density at radius 3 is 2.61 bits per heavy atom. The number of furan rings is 1. The lowest BCUT2D eigenvalue weighted by atomic mass is 9.96. The van der Waals surface area contributed by atoms with Crippen molar-refractivity contribution in [3.8, 4) is 0 Å². The van der Waals surface area contributed by atoms with Crippen molar-refractivity contribution < 1.29 is 13.9 Å². The largest absolute Gasteiger partial charge is 0.468 e. The Labute approximate surface area is 139 Å². The Bertz CT molecular complexity index is 485. The Balaban J connectivity index is 1.77. The summed E-state index contributed by atoms with van der Waals surface area (Å²) in [6.45, 7) is 10.5. The van der Waals surface area contributed by atoms with E-state index in [2.05, 4.69) is 18.9 Å². The number of likely N-dealkylation sites (tertiary alicyclic amines) is 1. The van der Waals surface area contributed by atoms with Crippen molar-refractivity contribution in [1.29, 1.82) is 0 Å². The quantitative estimate of drug-likeness (QED) is 0.843. The monoisotopic (exact) mass is 322 g/mol. The lowest BCUT2D eigenvalue weighted by Crippen LogP contribution is -2.43. The van der Waals surface area contributed by atoms with Crippen molar-refractivity contribution in [1.82, 2.24) is 9.80 Å². The summed E-state index contributed by atoms with van der Waals surface area (Å²) in [5, 5.41) is 0. The van der Waals surface area contributed by atoms with Gasteiger partial charge in [-0.15, -0.1) is 0 Å². The van der Waals surface area contributed by atoms with Gasteiger partial charge in [0.1, 0.15) is 11.4 Å². The molecule has 1 aliphatic heterocycles. The lowest BCUT2D eigenvalue weighted by molar-refractivity contribution is 0.0167. The Morgan fingerprint density at radius 1 is 1.43 bits per heavy atom. The number of rotatable bonds is 4. The van der Waals surface area contributed by atoms with Crippen LogP contribution in [0.5, 0.6) is 0 Å². The first kappa shape index (κ1) is 17.9. The van der Waals surface area contributed by atoms with Gasteiger partial charge >= 0.3 is 6.09 Å². The summed E-state index contributed by atoms with van der Waals surface area (Å²) < 4.78 is 10.9. The molecule has 0 aliphatic carbocycles. The molecule has 1 amide bonds. The molecule has 2 rings (SSSR count). The van der Waals surface area contributed by atoms with Crippen LogP contribution >= 0.6 is 0 Å². The third-order valence-electron chi connectivity index (χ3n) is 4.43. The molecule has 130 valence electrons. The molecule has 0 unspecified atom stereocenters. The van der Waals surface area contributed by atoms with Gasteiger partial charge < -0.3 is 14.1 Å². The van der Waals surface area contributed by atoms with Crippen LogP contribution in [0.2, 0.25) is 0 Å². The smallest absolute Gasteiger partial charge is 0.410 e. The molecule has 0 aromatic carbocycles. The number of hydrogen-bond donors (Lipinski definition) is 0. The summed E-state index contributed by atoms with van der Waals surface area (Å²) in [4.78, 5) is 16.2. The van der Waals surface area contributed by atoms with Crippen LogP contribution in [0.15, 0.2) is 22.8 Å². The highest BCUT2D eigenvalue weighted by Crippen LogP contribution is 2.24. The van der Waals surface area contributed by atoms with Gasteiger partial charge in [0.2, 0.25) is 0 Å². The van der Waals surface area contributed by atoms with E-state index < -0.39 is 5.60 Å². The molecule has 0 bridgehead atoms. The molecule has 1 saturated heterocycles. The summed E-state index contributed by atoms with van der Waals surface area (Å²) in [6.07, 6.45) is 3.58. The fraction of sp³-hybridized carbons (Fsp3) is 0.722. The number of carbonyl (C=O) groups is 1. The average molecular weight is 322 g/mol. The minimum Gasteiger partial charge on any atom is -0.468 e. The Morgan fingerprint density at radius 2 is 2.09 bits per heavy atom. The topological polar surface area (TPSA) is 45.9 Å². The minimum atomic E-state index is -0.424. The molecule has 5 nitrogen and oxygen atoms in total. The lowest BCUT2D eigenvalue weighted by Gasteiger charge is -2.35. The van der Waals surface area contributed by atoms with E-state index in [1.165, 1.54) is 0 Å².